The molecule has 0 amide bonds. The van der Waals surface area contributed by atoms with Crippen LogP contribution < -0.4 is 0 Å². The van der Waals surface area contributed by atoms with Crippen LogP contribution in [0.15, 0.2) is 106 Å². The molecule has 18 heteroatoms. The van der Waals surface area contributed by atoms with E-state index in [0.29, 0.717) is 84.1 Å². The average molecular weight is 1800 g/mol. The zero-order valence-electron chi connectivity index (χ0n) is 88.9. The Labute approximate surface area is 758 Å². The topological polar surface area (TPSA) is 131 Å². The van der Waals surface area contributed by atoms with E-state index < -0.39 is 32.3 Å². The van der Waals surface area contributed by atoms with Gasteiger partial charge in [-0.15, -0.1) is 39.5 Å². The molecule has 6 atom stereocenters. The fourth-order valence-electron chi connectivity index (χ4n) is 4.87. The van der Waals surface area contributed by atoms with Crippen LogP contribution in [0.4, 0.5) is 0 Å². The highest BCUT2D eigenvalue weighted by molar-refractivity contribution is 6.75. The van der Waals surface area contributed by atoms with Crippen LogP contribution >= 0.6 is 0 Å². The lowest BCUT2D eigenvalue weighted by atomic mass is 9.88. The lowest BCUT2D eigenvalue weighted by Crippen LogP contribution is -2.10. The zero-order chi connectivity index (χ0) is 95.8. The molecule has 0 spiro atoms. The Kier molecular flexibility index (Phi) is 121. The fraction of sp³-hybridized carbons (Fsp3) is 0.822. The van der Waals surface area contributed by atoms with E-state index in [-0.39, 0.29) is 37.7 Å². The molecule has 6 aliphatic heterocycles. The van der Waals surface area contributed by atoms with Crippen LogP contribution in [-0.2, 0) is 63.3 Å². The van der Waals surface area contributed by atoms with Crippen molar-refractivity contribution < 1.29 is 56.8 Å². The van der Waals surface area contributed by atoms with E-state index in [0.717, 1.165) is 98.0 Å². The Morgan fingerprint density at radius 1 is 0.319 bits per heavy atom. The molecule has 6 saturated heterocycles. The Balaban J connectivity index is -0.000000102. The molecule has 1 saturated carbocycles. The number of rotatable bonds is 26. The van der Waals surface area contributed by atoms with E-state index in [4.69, 9.17) is 56.8 Å². The third-order valence-electron chi connectivity index (χ3n) is 11.8. The predicted molar refractivity (Wildman–Crippen MR) is 559 cm³/mol. The quantitative estimate of drug-likeness (QED) is 0.0497. The molecule has 8 rings (SSSR count). The molecule has 12 nitrogen and oxygen atoms in total. The molecule has 119 heavy (non-hydrogen) atoms. The summed E-state index contributed by atoms with van der Waals surface area (Å²) in [6, 6.07) is 10.5. The van der Waals surface area contributed by atoms with Crippen LogP contribution in [0.25, 0.3) is 0 Å². The maximum atomic E-state index is 5.19. The van der Waals surface area contributed by atoms with Gasteiger partial charge in [-0.3, -0.25) is 0 Å². The molecule has 0 radical (unpaired) electrons. The van der Waals surface area contributed by atoms with Crippen molar-refractivity contribution in [1.82, 2.24) is 0 Å². The highest BCUT2D eigenvalue weighted by Crippen LogP contribution is 2.25. The van der Waals surface area contributed by atoms with E-state index in [2.05, 4.69) is 368 Å². The second kappa shape index (κ2) is 100. The van der Waals surface area contributed by atoms with Crippen LogP contribution in [-0.4, -0.2) is 168 Å². The molecule has 720 valence electrons. The van der Waals surface area contributed by atoms with Crippen LogP contribution in [0.2, 0.25) is 131 Å². The Morgan fingerprint density at radius 2 is 0.479 bits per heavy atom. The molecule has 6 heterocycles. The minimum Gasteiger partial charge on any atom is -0.350 e. The van der Waals surface area contributed by atoms with Crippen LogP contribution in [0.5, 0.6) is 0 Å². The van der Waals surface area contributed by atoms with Crippen molar-refractivity contribution in [1.29, 1.82) is 0 Å². The zero-order valence-corrected chi connectivity index (χ0v) is 95.8. The fourth-order valence-corrected chi connectivity index (χ4v) is 4.87. The summed E-state index contributed by atoms with van der Waals surface area (Å²) in [5.74, 6) is 8.10. The monoisotopic (exact) mass is 1790 g/mol. The van der Waals surface area contributed by atoms with E-state index in [1.165, 1.54) is 44.1 Å². The number of hydrogen-bond acceptors (Lipinski definition) is 12. The van der Waals surface area contributed by atoms with Crippen LogP contribution in [0.1, 0.15) is 224 Å². The van der Waals surface area contributed by atoms with Gasteiger partial charge in [-0.05, 0) is 89.4 Å². The smallest absolute Gasteiger partial charge is 0.181 e. The maximum absolute atomic E-state index is 5.19. The SMILES string of the molecule is C=CC(C)C.C=CC(C)C.C=CC(C)C.C=CC(C)C.C=CC(C)C.C=CC(C)C.CC(C)COC1CO1.CC(C)COC1CO1.CC(C)COC1CO1.CC(C)COC1CO1.CC(C)COC1CO1.CCC1CCCCC1.CCCOC1CO1.CCc1ccccc1.C[SiH2]C.C[SiH2]C.C[Si](C)(C)C.C[Si](C)(C)C.C[Si](C)(C)C.C[Si](C)(C)C. The highest BCUT2D eigenvalue weighted by atomic mass is 28.3. The van der Waals surface area contributed by atoms with E-state index in [1.54, 1.807) is 0 Å². The molecule has 1 aromatic rings. The van der Waals surface area contributed by atoms with Gasteiger partial charge in [0, 0.05) is 57.9 Å². The first-order chi connectivity index (χ1) is 54.7. The third-order valence-corrected chi connectivity index (χ3v) is 11.8. The van der Waals surface area contributed by atoms with Gasteiger partial charge in [-0.25, -0.2) is 0 Å². The summed E-state index contributed by atoms with van der Waals surface area (Å²) >= 11 is 0. The molecule has 1 aromatic carbocycles. The van der Waals surface area contributed by atoms with Crippen molar-refractivity contribution in [3.05, 3.63) is 112 Å². The molecule has 0 aromatic heterocycles. The molecular formula is C101H220O12Si6. The first-order valence-electron chi connectivity index (χ1n) is 46.9. The van der Waals surface area contributed by atoms with Crippen molar-refractivity contribution in [2.24, 2.45) is 71.0 Å². The van der Waals surface area contributed by atoms with Gasteiger partial charge in [0.15, 0.2) is 37.7 Å². The maximum Gasteiger partial charge on any atom is 0.181 e. The molecular weight excluding hydrogens is 1570 g/mol. The van der Waals surface area contributed by atoms with Crippen molar-refractivity contribution in [3.63, 3.8) is 0 Å². The largest absolute Gasteiger partial charge is 0.350 e. The Morgan fingerprint density at radius 3 is 0.580 bits per heavy atom. The van der Waals surface area contributed by atoms with E-state index >= 15 is 0 Å². The molecule has 1 aliphatic carbocycles. The lowest BCUT2D eigenvalue weighted by Gasteiger charge is -2.18. The Bertz CT molecular complexity index is 1810. The standard InChI is InChI=1S/C8H16.C8H10.5C6H12O2.C5H10O2.6C5H10.4C4H12Si.2C2H8Si/c2*1-2-8-6-4-3-5-7-8;5*1-5(2)3-7-6-4-8-6;1-2-3-6-5-4-7-5;6*1-4-5(2)3;4*1-5(2,3)4;2*1-3-2/h8H,2-7H2,1H3;3-7H,2H2,1H3;5*5-6H,3-4H2,1-2H3;5H,2-4H2,1H3;6*4-5H,1H2,2-3H3;4*1-4H3;2*3H2,1-2H3. The summed E-state index contributed by atoms with van der Waals surface area (Å²) in [6.07, 6.45) is 23.5. The lowest BCUT2D eigenvalue weighted by molar-refractivity contribution is 0.0342. The normalized spacial score (nSPS) is 17.3. The number of benzene rings is 1. The summed E-state index contributed by atoms with van der Waals surface area (Å²) in [5, 5.41) is 0. The summed E-state index contributed by atoms with van der Waals surface area (Å²) in [5.41, 5.74) is 1.41. The van der Waals surface area contributed by atoms with Crippen LogP contribution in [0, 0.1) is 71.0 Å². The van der Waals surface area contributed by atoms with Gasteiger partial charge >= 0.3 is 0 Å². The first-order valence-corrected chi connectivity index (χ1v) is 68.5. The number of ether oxygens (including phenoxy) is 12. The van der Waals surface area contributed by atoms with Crippen molar-refractivity contribution in [2.75, 3.05) is 79.3 Å². The van der Waals surface area contributed by atoms with Gasteiger partial charge in [0.2, 0.25) is 0 Å². The van der Waals surface area contributed by atoms with E-state index in [9.17, 15) is 0 Å². The van der Waals surface area contributed by atoms with Crippen LogP contribution in [0.3, 0.4) is 0 Å². The molecule has 0 bridgehead atoms. The van der Waals surface area contributed by atoms with Gasteiger partial charge in [-0.2, -0.15) is 0 Å². The highest BCUT2D eigenvalue weighted by Gasteiger charge is 2.26. The molecule has 6 unspecified atom stereocenters. The summed E-state index contributed by atoms with van der Waals surface area (Å²) in [6.45, 7) is 130. The van der Waals surface area contributed by atoms with Crippen molar-refractivity contribution in [3.8, 4) is 0 Å². The third kappa shape index (κ3) is 254. The summed E-state index contributed by atoms with van der Waals surface area (Å²) in [4.78, 5) is 0. The number of aryl methyl sites for hydroxylation is 1. The average Bonchev–Trinajstić information content (AvgIpc) is 1.84. The van der Waals surface area contributed by atoms with Gasteiger partial charge in [0.05, 0.1) is 33.0 Å². The van der Waals surface area contributed by atoms with Gasteiger partial charge < -0.3 is 56.8 Å². The number of hydrogen-bond donors (Lipinski definition) is 0. The second-order valence-corrected chi connectivity index (χ2v) is 68.0. The van der Waals surface area contributed by atoms with Gasteiger partial charge in [0.1, 0.15) is 39.6 Å². The summed E-state index contributed by atoms with van der Waals surface area (Å²) < 4.78 is 60.0. The number of allylic oxidation sites excluding steroid dienone is 6. The summed E-state index contributed by atoms with van der Waals surface area (Å²) in [7, 11) is -1.61. The second-order valence-electron chi connectivity index (χ2n) is 41.1. The Hall–Kier alpha value is -1.52. The van der Waals surface area contributed by atoms with Gasteiger partial charge in [0.25, 0.3) is 0 Å². The minimum absolute atomic E-state index is 0.136. The van der Waals surface area contributed by atoms with Gasteiger partial charge in [-0.1, -0.05) is 409 Å². The van der Waals surface area contributed by atoms with E-state index in [1.807, 2.05) is 42.5 Å². The van der Waals surface area contributed by atoms with Crippen molar-refractivity contribution >= 4 is 51.3 Å². The molecule has 7 fully saturated rings. The predicted octanol–water partition coefficient (Wildman–Crippen LogP) is 30.4. The minimum atomic E-state index is -0.611. The molecule has 0 N–H and O–H groups in total. The van der Waals surface area contributed by atoms with Crippen molar-refractivity contribution in [2.45, 2.75) is 393 Å². The number of epoxide rings is 6. The first kappa shape index (κ1) is 143. The molecule has 7 aliphatic rings.